The lowest BCUT2D eigenvalue weighted by atomic mass is 10.0. The zero-order valence-corrected chi connectivity index (χ0v) is 29.4. The van der Waals surface area contributed by atoms with Crippen LogP contribution in [-0.4, -0.2) is 86.2 Å². The van der Waals surface area contributed by atoms with E-state index in [0.717, 1.165) is 30.2 Å². The van der Waals surface area contributed by atoms with E-state index in [0.29, 0.717) is 73.0 Å². The lowest BCUT2D eigenvalue weighted by molar-refractivity contribution is -0.00330. The molecule has 11 nitrogen and oxygen atoms in total. The highest BCUT2D eigenvalue weighted by Gasteiger charge is 2.33. The number of fused-ring (bicyclic) bond motifs is 1. The number of amides is 1. The van der Waals surface area contributed by atoms with E-state index >= 15 is 0 Å². The van der Waals surface area contributed by atoms with Crippen LogP contribution in [0.5, 0.6) is 0 Å². The SMILES string of the molecule is CNC(=O)c1c(-c2ccc(F)cc2)oc2cc(N(CCOCCOCCOCCOCc3ccc(C(C)=O)cc3)S(C)(=O)=O)c(C3CC3)cc12. The summed E-state index contributed by atoms with van der Waals surface area (Å²) >= 11 is 0. The number of rotatable bonds is 20. The molecule has 5 rings (SSSR count). The first-order valence-corrected chi connectivity index (χ1v) is 18.4. The number of nitrogens with zero attached hydrogens (tertiary/aromatic N) is 1. The Kier molecular flexibility index (Phi) is 12.8. The maximum Gasteiger partial charge on any atom is 0.255 e. The fourth-order valence-corrected chi connectivity index (χ4v) is 6.46. The Bertz CT molecular complexity index is 1870. The number of benzene rings is 3. The van der Waals surface area contributed by atoms with Crippen LogP contribution in [0.1, 0.15) is 57.5 Å². The number of Topliss-reactive ketones (excluding diaryl/α,β-unsaturated/α-hetero) is 1. The summed E-state index contributed by atoms with van der Waals surface area (Å²) in [5.74, 6) is -0.324. The molecule has 1 fully saturated rings. The minimum atomic E-state index is -3.71. The third kappa shape index (κ3) is 9.76. The standard InChI is InChI=1S/C37H43FN2O9S/c1-25(41)27-6-4-26(5-7-27)24-48-21-20-47-19-18-46-17-16-45-15-14-40(50(3,43)44)33-23-34-32(22-31(33)28-8-9-28)35(37(42)39-2)36(49-34)29-10-12-30(38)13-11-29/h4-7,10-13,22-23,28H,8-9,14-21,24H2,1-3H3,(H,39,42). The molecule has 1 saturated carbocycles. The number of sulfonamides is 1. The molecule has 1 amide bonds. The quantitative estimate of drug-likeness (QED) is 0.0905. The molecule has 0 aliphatic heterocycles. The van der Waals surface area contributed by atoms with Gasteiger partial charge >= 0.3 is 0 Å². The summed E-state index contributed by atoms with van der Waals surface area (Å²) in [7, 11) is -2.19. The number of anilines is 1. The van der Waals surface area contributed by atoms with E-state index in [1.54, 1.807) is 18.2 Å². The van der Waals surface area contributed by atoms with Gasteiger partial charge in [0, 0.05) is 29.6 Å². The van der Waals surface area contributed by atoms with E-state index in [-0.39, 0.29) is 43.1 Å². The Morgan fingerprint density at radius 3 is 2.04 bits per heavy atom. The third-order valence-electron chi connectivity index (χ3n) is 8.27. The van der Waals surface area contributed by atoms with Gasteiger partial charge in [-0.3, -0.25) is 13.9 Å². The second-order valence-electron chi connectivity index (χ2n) is 12.1. The number of ether oxygens (including phenoxy) is 4. The van der Waals surface area contributed by atoms with Gasteiger partial charge in [0.2, 0.25) is 10.0 Å². The maximum absolute atomic E-state index is 13.7. The van der Waals surface area contributed by atoms with Crippen molar-refractivity contribution in [3.63, 3.8) is 0 Å². The van der Waals surface area contributed by atoms with E-state index in [9.17, 15) is 22.4 Å². The third-order valence-corrected chi connectivity index (χ3v) is 9.45. The second kappa shape index (κ2) is 17.2. The monoisotopic (exact) mass is 710 g/mol. The van der Waals surface area contributed by atoms with Crippen molar-refractivity contribution in [1.29, 1.82) is 0 Å². The van der Waals surface area contributed by atoms with Gasteiger partial charge < -0.3 is 28.7 Å². The summed E-state index contributed by atoms with van der Waals surface area (Å²) in [6.07, 6.45) is 2.95. The van der Waals surface area contributed by atoms with Crippen molar-refractivity contribution in [3.05, 3.63) is 88.7 Å². The van der Waals surface area contributed by atoms with E-state index in [1.165, 1.54) is 42.5 Å². The van der Waals surface area contributed by atoms with E-state index in [2.05, 4.69) is 5.32 Å². The van der Waals surface area contributed by atoms with Crippen LogP contribution < -0.4 is 9.62 Å². The molecule has 0 bridgehead atoms. The Hall–Kier alpha value is -4.14. The minimum Gasteiger partial charge on any atom is -0.455 e. The van der Waals surface area contributed by atoms with Crippen LogP contribution >= 0.6 is 0 Å². The fourth-order valence-electron chi connectivity index (χ4n) is 5.54. The van der Waals surface area contributed by atoms with Crippen LogP contribution in [0.2, 0.25) is 0 Å². The van der Waals surface area contributed by atoms with Crippen molar-refractivity contribution in [2.24, 2.45) is 0 Å². The fraction of sp³-hybridized carbons (Fsp3) is 0.405. The zero-order valence-electron chi connectivity index (χ0n) is 28.5. The molecule has 1 aromatic heterocycles. The van der Waals surface area contributed by atoms with Gasteiger partial charge in [-0.05, 0) is 67.1 Å². The number of furan rings is 1. The molecule has 1 heterocycles. The molecule has 13 heteroatoms. The van der Waals surface area contributed by atoms with Crippen LogP contribution in [0.25, 0.3) is 22.3 Å². The Morgan fingerprint density at radius 2 is 1.48 bits per heavy atom. The first-order valence-electron chi connectivity index (χ1n) is 16.5. The summed E-state index contributed by atoms with van der Waals surface area (Å²) in [4.78, 5) is 24.4. The van der Waals surface area contributed by atoms with Crippen LogP contribution in [0.15, 0.2) is 65.1 Å². The molecule has 0 atom stereocenters. The highest BCUT2D eigenvalue weighted by atomic mass is 32.2. The second-order valence-corrected chi connectivity index (χ2v) is 14.0. The number of carbonyl (C=O) groups excluding carboxylic acids is 2. The smallest absolute Gasteiger partial charge is 0.255 e. The van der Waals surface area contributed by atoms with Crippen molar-refractivity contribution in [2.45, 2.75) is 32.3 Å². The predicted octanol–water partition coefficient (Wildman–Crippen LogP) is 5.71. The molecule has 268 valence electrons. The first kappa shape index (κ1) is 37.1. The average molecular weight is 711 g/mol. The van der Waals surface area contributed by atoms with Crippen molar-refractivity contribution in [2.75, 3.05) is 70.4 Å². The molecule has 4 aromatic rings. The lowest BCUT2D eigenvalue weighted by Crippen LogP contribution is -2.34. The topological polar surface area (TPSA) is 134 Å². The Labute approximate surface area is 291 Å². The van der Waals surface area contributed by atoms with Gasteiger partial charge in [-0.15, -0.1) is 0 Å². The van der Waals surface area contributed by atoms with Crippen molar-refractivity contribution in [1.82, 2.24) is 5.32 Å². The normalized spacial score (nSPS) is 13.1. The number of nitrogens with one attached hydrogen (secondary N) is 1. The van der Waals surface area contributed by atoms with Gasteiger partial charge in [-0.1, -0.05) is 24.3 Å². The summed E-state index contributed by atoms with van der Waals surface area (Å²) < 4.78 is 69.7. The average Bonchev–Trinajstić information content (AvgIpc) is 3.87. The van der Waals surface area contributed by atoms with Crippen LogP contribution in [0.3, 0.4) is 0 Å². The lowest BCUT2D eigenvalue weighted by Gasteiger charge is -2.25. The largest absolute Gasteiger partial charge is 0.455 e. The molecule has 1 aliphatic rings. The van der Waals surface area contributed by atoms with E-state index in [1.807, 2.05) is 18.2 Å². The molecule has 50 heavy (non-hydrogen) atoms. The van der Waals surface area contributed by atoms with Crippen LogP contribution in [-0.2, 0) is 35.6 Å². The van der Waals surface area contributed by atoms with Crippen LogP contribution in [0.4, 0.5) is 10.1 Å². The molecule has 0 spiro atoms. The first-order chi connectivity index (χ1) is 24.1. The van der Waals surface area contributed by atoms with Crippen LogP contribution in [0, 0.1) is 5.82 Å². The Morgan fingerprint density at radius 1 is 0.880 bits per heavy atom. The minimum absolute atomic E-state index is 0.0284. The molecule has 0 radical (unpaired) electrons. The summed E-state index contributed by atoms with van der Waals surface area (Å²) in [5.41, 5.74) is 4.13. The molecule has 1 aliphatic carbocycles. The predicted molar refractivity (Wildman–Crippen MR) is 188 cm³/mol. The molecule has 3 aromatic carbocycles. The molecular formula is C37H43FN2O9S. The zero-order chi connectivity index (χ0) is 35.7. The van der Waals surface area contributed by atoms with Gasteiger partial charge in [0.15, 0.2) is 5.78 Å². The highest BCUT2D eigenvalue weighted by Crippen LogP contribution is 2.48. The van der Waals surface area contributed by atoms with Crippen molar-refractivity contribution < 1.29 is 45.8 Å². The summed E-state index contributed by atoms with van der Waals surface area (Å²) in [5, 5.41) is 3.22. The van der Waals surface area contributed by atoms with Crippen molar-refractivity contribution in [3.8, 4) is 11.3 Å². The van der Waals surface area contributed by atoms with Gasteiger partial charge in [0.25, 0.3) is 5.91 Å². The number of carbonyl (C=O) groups is 2. The number of halogens is 1. The number of hydrogen-bond acceptors (Lipinski definition) is 9. The molecule has 0 saturated heterocycles. The number of hydrogen-bond donors (Lipinski definition) is 1. The van der Waals surface area contributed by atoms with Gasteiger partial charge in [-0.25, -0.2) is 12.8 Å². The number of ketones is 1. The summed E-state index contributed by atoms with van der Waals surface area (Å²) in [6.45, 7) is 4.36. The van der Waals surface area contributed by atoms with E-state index < -0.39 is 15.8 Å². The Balaban J connectivity index is 1.11. The maximum atomic E-state index is 13.7. The molecule has 0 unspecified atom stereocenters. The van der Waals surface area contributed by atoms with E-state index in [4.69, 9.17) is 23.4 Å². The van der Waals surface area contributed by atoms with Crippen molar-refractivity contribution >= 4 is 38.4 Å². The van der Waals surface area contributed by atoms with Gasteiger partial charge in [0.1, 0.15) is 17.2 Å². The summed E-state index contributed by atoms with van der Waals surface area (Å²) in [6, 6.07) is 16.5. The molecular weight excluding hydrogens is 667 g/mol. The van der Waals surface area contributed by atoms with Gasteiger partial charge in [0.05, 0.1) is 76.9 Å². The molecule has 1 N–H and O–H groups in total. The highest BCUT2D eigenvalue weighted by molar-refractivity contribution is 7.92. The van der Waals surface area contributed by atoms with Gasteiger partial charge in [-0.2, -0.15) is 0 Å².